The molecule has 31 heavy (non-hydrogen) atoms. The molecule has 0 saturated heterocycles. The number of hydrogen-bond acceptors (Lipinski definition) is 4. The lowest BCUT2D eigenvalue weighted by molar-refractivity contribution is -0.142. The summed E-state index contributed by atoms with van der Waals surface area (Å²) in [6.45, 7) is 0. The summed E-state index contributed by atoms with van der Waals surface area (Å²) in [5, 5.41) is 3.85. The largest absolute Gasteiger partial charge is 0.433 e. The van der Waals surface area contributed by atoms with Crippen LogP contribution in [0.2, 0.25) is 0 Å². The molecule has 0 bridgehead atoms. The Morgan fingerprint density at radius 2 is 1.52 bits per heavy atom. The fourth-order valence-corrected chi connectivity index (χ4v) is 2.99. The van der Waals surface area contributed by atoms with Crippen LogP contribution in [-0.2, 0) is 12.4 Å². The maximum atomic E-state index is 13.8. The summed E-state index contributed by atoms with van der Waals surface area (Å²) in [7, 11) is 0. The first kappa shape index (κ1) is 20.3. The van der Waals surface area contributed by atoms with Gasteiger partial charge in [0.25, 0.3) is 0 Å². The first-order chi connectivity index (χ1) is 14.6. The normalized spacial score (nSPS) is 12.2. The van der Waals surface area contributed by atoms with E-state index in [2.05, 4.69) is 26.0 Å². The Balaban J connectivity index is 2.01. The molecule has 0 N–H and O–H groups in total. The van der Waals surface area contributed by atoms with Crippen LogP contribution >= 0.6 is 0 Å². The number of nitrogens with zero attached hydrogens (tertiary/aromatic N) is 5. The lowest BCUT2D eigenvalue weighted by Gasteiger charge is -2.12. The molecule has 0 aliphatic carbocycles. The zero-order valence-corrected chi connectivity index (χ0v) is 15.2. The zero-order chi connectivity index (χ0) is 22.4. The summed E-state index contributed by atoms with van der Waals surface area (Å²) in [5.74, 6) is 2.23. The minimum Gasteiger partial charge on any atom is -0.244 e. The standard InChI is InChI=1S/C20H9F6N5/c1-2-14-17(12-8-27-10-28-9-12)18-29-15(7-16(20(24,25)26)31(18)30-14)11-3-5-13(6-4-11)19(21,22)23/h1,3-10H. The average Bonchev–Trinajstić information content (AvgIpc) is 3.11. The van der Waals surface area contributed by atoms with Gasteiger partial charge in [-0.3, -0.25) is 0 Å². The summed E-state index contributed by atoms with van der Waals surface area (Å²) in [6.07, 6.45) is -0.0855. The van der Waals surface area contributed by atoms with Crippen LogP contribution in [0.4, 0.5) is 26.3 Å². The predicted molar refractivity (Wildman–Crippen MR) is 97.4 cm³/mol. The van der Waals surface area contributed by atoms with Gasteiger partial charge in [0.1, 0.15) is 12.0 Å². The molecule has 4 rings (SSSR count). The SMILES string of the molecule is C#Cc1nn2c(C(F)(F)F)cc(-c3ccc(C(F)(F)F)cc3)nc2c1-c1cncnc1. The molecule has 0 saturated carbocycles. The van der Waals surface area contributed by atoms with Gasteiger partial charge in [0, 0.05) is 23.5 Å². The number of halogens is 6. The van der Waals surface area contributed by atoms with E-state index < -0.39 is 23.6 Å². The van der Waals surface area contributed by atoms with Crippen LogP contribution in [0.1, 0.15) is 17.0 Å². The highest BCUT2D eigenvalue weighted by atomic mass is 19.4. The predicted octanol–water partition coefficient (Wildman–Crippen LogP) is 4.87. The average molecular weight is 433 g/mol. The van der Waals surface area contributed by atoms with Gasteiger partial charge in [0.2, 0.25) is 0 Å². The molecule has 0 fully saturated rings. The molecule has 4 aromatic rings. The molecule has 11 heteroatoms. The minimum absolute atomic E-state index is 0.0553. The third-order valence-electron chi connectivity index (χ3n) is 4.37. The van der Waals surface area contributed by atoms with E-state index in [1.165, 1.54) is 18.7 Å². The van der Waals surface area contributed by atoms with E-state index >= 15 is 0 Å². The second-order valence-corrected chi connectivity index (χ2v) is 6.33. The fourth-order valence-electron chi connectivity index (χ4n) is 2.99. The molecule has 0 radical (unpaired) electrons. The summed E-state index contributed by atoms with van der Waals surface area (Å²) in [5.41, 5.74) is -2.22. The van der Waals surface area contributed by atoms with Crippen molar-refractivity contribution in [3.63, 3.8) is 0 Å². The van der Waals surface area contributed by atoms with E-state index in [4.69, 9.17) is 6.42 Å². The van der Waals surface area contributed by atoms with Crippen LogP contribution in [0, 0.1) is 12.3 Å². The lowest BCUT2D eigenvalue weighted by atomic mass is 10.1. The molecular formula is C20H9F6N5. The molecule has 3 heterocycles. The fraction of sp³-hybridized carbons (Fsp3) is 0.100. The number of terminal acetylenes is 1. The van der Waals surface area contributed by atoms with Crippen molar-refractivity contribution in [2.24, 2.45) is 0 Å². The lowest BCUT2D eigenvalue weighted by Crippen LogP contribution is -2.14. The quantitative estimate of drug-likeness (QED) is 0.334. The van der Waals surface area contributed by atoms with E-state index in [1.807, 2.05) is 0 Å². The van der Waals surface area contributed by atoms with Crippen molar-refractivity contribution < 1.29 is 26.3 Å². The Bertz CT molecular complexity index is 1300. The summed E-state index contributed by atoms with van der Waals surface area (Å²) in [6, 6.07) is 4.33. The molecule has 0 spiro atoms. The van der Waals surface area contributed by atoms with Gasteiger partial charge >= 0.3 is 12.4 Å². The topological polar surface area (TPSA) is 56.0 Å². The number of alkyl halides is 6. The van der Waals surface area contributed by atoms with Crippen molar-refractivity contribution >= 4 is 5.65 Å². The highest BCUT2D eigenvalue weighted by molar-refractivity contribution is 5.83. The van der Waals surface area contributed by atoms with Gasteiger partial charge < -0.3 is 0 Å². The molecule has 156 valence electrons. The Kier molecular flexibility index (Phi) is 4.65. The van der Waals surface area contributed by atoms with Gasteiger partial charge in [-0.15, -0.1) is 6.42 Å². The molecule has 5 nitrogen and oxygen atoms in total. The van der Waals surface area contributed by atoms with Crippen molar-refractivity contribution in [1.82, 2.24) is 24.6 Å². The first-order valence-electron chi connectivity index (χ1n) is 8.50. The van der Waals surface area contributed by atoms with Crippen molar-refractivity contribution in [3.05, 3.63) is 66.0 Å². The molecule has 3 aromatic heterocycles. The number of aromatic nitrogens is 5. The second kappa shape index (κ2) is 7.09. The molecule has 1 aromatic carbocycles. The van der Waals surface area contributed by atoms with Gasteiger partial charge in [-0.25, -0.2) is 19.5 Å². The molecule has 0 unspecified atom stereocenters. The Hall–Kier alpha value is -3.94. The Morgan fingerprint density at radius 3 is 2.06 bits per heavy atom. The van der Waals surface area contributed by atoms with Crippen molar-refractivity contribution in [2.45, 2.75) is 12.4 Å². The smallest absolute Gasteiger partial charge is 0.244 e. The number of rotatable bonds is 2. The summed E-state index contributed by atoms with van der Waals surface area (Å²) >= 11 is 0. The van der Waals surface area contributed by atoms with E-state index in [1.54, 1.807) is 0 Å². The molecule has 0 aliphatic heterocycles. The van der Waals surface area contributed by atoms with E-state index in [0.29, 0.717) is 10.6 Å². The third kappa shape index (κ3) is 3.68. The molecular weight excluding hydrogens is 424 g/mol. The van der Waals surface area contributed by atoms with Crippen LogP contribution < -0.4 is 0 Å². The number of fused-ring (bicyclic) bond motifs is 1. The van der Waals surface area contributed by atoms with Crippen molar-refractivity contribution in [1.29, 1.82) is 0 Å². The van der Waals surface area contributed by atoms with Gasteiger partial charge in [-0.2, -0.15) is 31.4 Å². The monoisotopic (exact) mass is 433 g/mol. The summed E-state index contributed by atoms with van der Waals surface area (Å²) in [4.78, 5) is 11.9. The van der Waals surface area contributed by atoms with E-state index in [-0.39, 0.29) is 33.7 Å². The van der Waals surface area contributed by atoms with Crippen LogP contribution in [0.25, 0.3) is 28.0 Å². The second-order valence-electron chi connectivity index (χ2n) is 6.33. The van der Waals surface area contributed by atoms with E-state index in [0.717, 1.165) is 24.3 Å². The number of hydrogen-bond donors (Lipinski definition) is 0. The third-order valence-corrected chi connectivity index (χ3v) is 4.37. The highest BCUT2D eigenvalue weighted by Gasteiger charge is 2.36. The van der Waals surface area contributed by atoms with Crippen molar-refractivity contribution in [3.8, 4) is 34.7 Å². The number of benzene rings is 1. The van der Waals surface area contributed by atoms with Crippen molar-refractivity contribution in [2.75, 3.05) is 0 Å². The molecule has 0 atom stereocenters. The minimum atomic E-state index is -4.84. The van der Waals surface area contributed by atoms with Gasteiger partial charge in [0.05, 0.1) is 16.8 Å². The van der Waals surface area contributed by atoms with Crippen LogP contribution in [0.15, 0.2) is 49.1 Å². The Morgan fingerprint density at radius 1 is 0.871 bits per heavy atom. The van der Waals surface area contributed by atoms with Crippen LogP contribution in [0.3, 0.4) is 0 Å². The molecule has 0 amide bonds. The van der Waals surface area contributed by atoms with Crippen LogP contribution in [-0.4, -0.2) is 24.6 Å². The highest BCUT2D eigenvalue weighted by Crippen LogP contribution is 2.36. The maximum absolute atomic E-state index is 13.8. The summed E-state index contributed by atoms with van der Waals surface area (Å²) < 4.78 is 80.3. The molecule has 0 aliphatic rings. The van der Waals surface area contributed by atoms with Gasteiger partial charge in [-0.1, -0.05) is 12.1 Å². The van der Waals surface area contributed by atoms with Crippen LogP contribution in [0.5, 0.6) is 0 Å². The van der Waals surface area contributed by atoms with E-state index in [9.17, 15) is 26.3 Å². The Labute approximate surface area is 170 Å². The zero-order valence-electron chi connectivity index (χ0n) is 15.2. The van der Waals surface area contributed by atoms with Gasteiger partial charge in [-0.05, 0) is 24.1 Å². The maximum Gasteiger partial charge on any atom is 0.433 e. The van der Waals surface area contributed by atoms with Gasteiger partial charge in [0.15, 0.2) is 11.3 Å². The first-order valence-corrected chi connectivity index (χ1v) is 8.50.